The summed E-state index contributed by atoms with van der Waals surface area (Å²) in [5, 5.41) is 11.1. The van der Waals surface area contributed by atoms with Crippen molar-refractivity contribution in [3.05, 3.63) is 11.9 Å². The van der Waals surface area contributed by atoms with Gasteiger partial charge >= 0.3 is 0 Å². The van der Waals surface area contributed by atoms with Crippen LogP contribution < -0.4 is 5.32 Å². The molecule has 1 aromatic rings. The Labute approximate surface area is 121 Å². The fourth-order valence-electron chi connectivity index (χ4n) is 2.90. The minimum Gasteiger partial charge on any atom is -0.356 e. The molecule has 0 aliphatic heterocycles. The second kappa shape index (κ2) is 8.02. The van der Waals surface area contributed by atoms with Crippen LogP contribution in [0.25, 0.3) is 0 Å². The number of carbonyl (C=O) groups is 1. The molecule has 1 heterocycles. The first-order valence-electron chi connectivity index (χ1n) is 7.87. The first kappa shape index (κ1) is 15.0. The molecule has 2 rings (SSSR count). The zero-order valence-corrected chi connectivity index (χ0v) is 12.5. The number of aryl methyl sites for hydroxylation is 1. The molecule has 1 N–H and O–H groups in total. The summed E-state index contributed by atoms with van der Waals surface area (Å²) in [6.07, 6.45) is 12.3. The van der Waals surface area contributed by atoms with Gasteiger partial charge in [-0.15, -0.1) is 5.10 Å². The van der Waals surface area contributed by atoms with Crippen LogP contribution in [-0.2, 0) is 17.8 Å². The highest BCUT2D eigenvalue weighted by Gasteiger charge is 2.12. The molecule has 1 aromatic heterocycles. The minimum absolute atomic E-state index is 0.00533. The Bertz CT molecular complexity index is 408. The lowest BCUT2D eigenvalue weighted by atomic mass is 9.97. The van der Waals surface area contributed by atoms with Gasteiger partial charge in [-0.05, 0) is 12.3 Å². The summed E-state index contributed by atoms with van der Waals surface area (Å²) >= 11 is 0. The molecule has 1 fully saturated rings. The Morgan fingerprint density at radius 2 is 2.10 bits per heavy atom. The van der Waals surface area contributed by atoms with E-state index in [2.05, 4.69) is 15.6 Å². The van der Waals surface area contributed by atoms with Gasteiger partial charge in [0.1, 0.15) is 0 Å². The monoisotopic (exact) mass is 278 g/mol. The summed E-state index contributed by atoms with van der Waals surface area (Å²) in [5.74, 6) is 0.871. The zero-order chi connectivity index (χ0) is 14.2. The zero-order valence-electron chi connectivity index (χ0n) is 12.5. The van der Waals surface area contributed by atoms with Crippen LogP contribution in [-0.4, -0.2) is 27.4 Å². The highest BCUT2D eigenvalue weighted by Crippen LogP contribution is 2.25. The molecule has 0 unspecified atom stereocenters. The van der Waals surface area contributed by atoms with E-state index in [1.54, 1.807) is 0 Å². The molecule has 0 bridgehead atoms. The van der Waals surface area contributed by atoms with Crippen molar-refractivity contribution in [3.63, 3.8) is 0 Å². The van der Waals surface area contributed by atoms with Crippen molar-refractivity contribution in [2.24, 2.45) is 5.92 Å². The van der Waals surface area contributed by atoms with Crippen molar-refractivity contribution in [3.8, 4) is 0 Å². The van der Waals surface area contributed by atoms with Crippen LogP contribution >= 0.6 is 0 Å². The third-order valence-corrected chi connectivity index (χ3v) is 4.08. The van der Waals surface area contributed by atoms with Crippen molar-refractivity contribution in [2.45, 2.75) is 64.8 Å². The SMILES string of the molecule is CC(=O)NCCc1cn(CCC2CCCCCC2)nn1. The number of carbonyl (C=O) groups excluding carboxylic acids is 1. The molecular weight excluding hydrogens is 252 g/mol. The predicted octanol–water partition coefficient (Wildman–Crippen LogP) is 2.32. The Morgan fingerprint density at radius 3 is 2.80 bits per heavy atom. The molecule has 0 aromatic carbocycles. The maximum absolute atomic E-state index is 10.8. The van der Waals surface area contributed by atoms with Gasteiger partial charge in [0, 0.05) is 32.6 Å². The van der Waals surface area contributed by atoms with E-state index >= 15 is 0 Å². The van der Waals surface area contributed by atoms with Crippen molar-refractivity contribution in [1.29, 1.82) is 0 Å². The van der Waals surface area contributed by atoms with E-state index in [1.807, 2.05) is 10.9 Å². The van der Waals surface area contributed by atoms with E-state index in [1.165, 1.54) is 51.9 Å². The van der Waals surface area contributed by atoms with E-state index in [0.29, 0.717) is 6.54 Å². The lowest BCUT2D eigenvalue weighted by molar-refractivity contribution is -0.118. The molecular formula is C15H26N4O. The van der Waals surface area contributed by atoms with Gasteiger partial charge in [0.15, 0.2) is 0 Å². The van der Waals surface area contributed by atoms with E-state index in [0.717, 1.165) is 24.6 Å². The van der Waals surface area contributed by atoms with Crippen LogP contribution in [0.2, 0.25) is 0 Å². The van der Waals surface area contributed by atoms with E-state index in [4.69, 9.17) is 0 Å². The number of nitrogens with zero attached hydrogens (tertiary/aromatic N) is 3. The van der Waals surface area contributed by atoms with E-state index in [-0.39, 0.29) is 5.91 Å². The van der Waals surface area contributed by atoms with Gasteiger partial charge in [0.25, 0.3) is 0 Å². The largest absolute Gasteiger partial charge is 0.356 e. The molecule has 1 aliphatic rings. The topological polar surface area (TPSA) is 59.8 Å². The smallest absolute Gasteiger partial charge is 0.216 e. The fraction of sp³-hybridized carbons (Fsp3) is 0.800. The molecule has 5 heteroatoms. The number of nitrogens with one attached hydrogen (secondary N) is 1. The Kier molecular flexibility index (Phi) is 6.02. The van der Waals surface area contributed by atoms with Gasteiger partial charge in [0.05, 0.1) is 5.69 Å². The number of hydrogen-bond donors (Lipinski definition) is 1. The third kappa shape index (κ3) is 5.31. The first-order chi connectivity index (χ1) is 9.74. The standard InChI is InChI=1S/C15H26N4O/c1-13(20)16-10-8-15-12-19(18-17-15)11-9-14-6-4-2-3-5-7-14/h12,14H,2-11H2,1H3,(H,16,20). The normalized spacial score (nSPS) is 16.9. The molecule has 5 nitrogen and oxygen atoms in total. The summed E-state index contributed by atoms with van der Waals surface area (Å²) in [4.78, 5) is 10.8. The van der Waals surface area contributed by atoms with Crippen LogP contribution in [0.15, 0.2) is 6.20 Å². The van der Waals surface area contributed by atoms with Crippen molar-refractivity contribution in [1.82, 2.24) is 20.3 Å². The van der Waals surface area contributed by atoms with Gasteiger partial charge in [-0.2, -0.15) is 0 Å². The summed E-state index contributed by atoms with van der Waals surface area (Å²) in [7, 11) is 0. The summed E-state index contributed by atoms with van der Waals surface area (Å²) in [6, 6.07) is 0. The number of amides is 1. The molecule has 1 saturated carbocycles. The summed E-state index contributed by atoms with van der Waals surface area (Å²) in [5.41, 5.74) is 0.958. The number of rotatable bonds is 6. The molecule has 0 radical (unpaired) electrons. The molecule has 0 atom stereocenters. The Hall–Kier alpha value is -1.39. The summed E-state index contributed by atoms with van der Waals surface area (Å²) in [6.45, 7) is 3.14. The van der Waals surface area contributed by atoms with Crippen LogP contribution in [0.1, 0.15) is 57.6 Å². The first-order valence-corrected chi connectivity index (χ1v) is 7.87. The van der Waals surface area contributed by atoms with Gasteiger partial charge in [-0.25, -0.2) is 0 Å². The number of hydrogen-bond acceptors (Lipinski definition) is 3. The van der Waals surface area contributed by atoms with E-state index in [9.17, 15) is 4.79 Å². The quantitative estimate of drug-likeness (QED) is 0.812. The van der Waals surface area contributed by atoms with Gasteiger partial charge in [0.2, 0.25) is 5.91 Å². The molecule has 112 valence electrons. The Morgan fingerprint density at radius 1 is 1.35 bits per heavy atom. The number of aromatic nitrogens is 3. The van der Waals surface area contributed by atoms with Crippen LogP contribution in [0.4, 0.5) is 0 Å². The third-order valence-electron chi connectivity index (χ3n) is 4.08. The molecule has 1 amide bonds. The lowest BCUT2D eigenvalue weighted by Crippen LogP contribution is -2.22. The van der Waals surface area contributed by atoms with Gasteiger partial charge in [-0.1, -0.05) is 43.7 Å². The van der Waals surface area contributed by atoms with Crippen molar-refractivity contribution < 1.29 is 4.79 Å². The predicted molar refractivity (Wildman–Crippen MR) is 78.2 cm³/mol. The molecule has 0 spiro atoms. The van der Waals surface area contributed by atoms with E-state index < -0.39 is 0 Å². The van der Waals surface area contributed by atoms with Crippen molar-refractivity contribution >= 4 is 5.91 Å². The molecule has 1 aliphatic carbocycles. The highest BCUT2D eigenvalue weighted by atomic mass is 16.1. The van der Waals surface area contributed by atoms with Crippen LogP contribution in [0.3, 0.4) is 0 Å². The van der Waals surface area contributed by atoms with Crippen LogP contribution in [0.5, 0.6) is 0 Å². The molecule has 20 heavy (non-hydrogen) atoms. The maximum atomic E-state index is 10.8. The second-order valence-corrected chi connectivity index (χ2v) is 5.85. The maximum Gasteiger partial charge on any atom is 0.216 e. The average molecular weight is 278 g/mol. The highest BCUT2D eigenvalue weighted by molar-refractivity contribution is 5.72. The Balaban J connectivity index is 1.70. The average Bonchev–Trinajstić information content (AvgIpc) is 2.71. The lowest BCUT2D eigenvalue weighted by Gasteiger charge is -2.12. The second-order valence-electron chi connectivity index (χ2n) is 5.85. The van der Waals surface area contributed by atoms with Gasteiger partial charge < -0.3 is 5.32 Å². The van der Waals surface area contributed by atoms with Gasteiger partial charge in [-0.3, -0.25) is 9.48 Å². The molecule has 0 saturated heterocycles. The van der Waals surface area contributed by atoms with Crippen molar-refractivity contribution in [2.75, 3.05) is 6.54 Å². The summed E-state index contributed by atoms with van der Waals surface area (Å²) < 4.78 is 1.95. The fourth-order valence-corrected chi connectivity index (χ4v) is 2.90. The minimum atomic E-state index is 0.00533. The van der Waals surface area contributed by atoms with Crippen LogP contribution in [0, 0.1) is 5.92 Å².